The number of carboxylic acid groups (broad SMARTS) is 1. The van der Waals surface area contributed by atoms with E-state index in [1.807, 2.05) is 0 Å². The normalized spacial score (nSPS) is 11.3. The van der Waals surface area contributed by atoms with E-state index in [2.05, 4.69) is 4.72 Å². The Morgan fingerprint density at radius 3 is 2.38 bits per heavy atom. The first-order valence-corrected chi connectivity index (χ1v) is 8.97. The molecule has 0 saturated heterocycles. The molecule has 0 aliphatic rings. The highest BCUT2D eigenvalue weighted by molar-refractivity contribution is 7.92. The minimum atomic E-state index is -3.89. The molecule has 26 heavy (non-hydrogen) atoms. The Bertz CT molecular complexity index is 1070. The predicted molar refractivity (Wildman–Crippen MR) is 93.0 cm³/mol. The van der Waals surface area contributed by atoms with Crippen molar-refractivity contribution in [2.75, 3.05) is 4.72 Å². The predicted octanol–water partition coefficient (Wildman–Crippen LogP) is 3.89. The van der Waals surface area contributed by atoms with Crippen molar-refractivity contribution in [3.63, 3.8) is 0 Å². The Labute approximate surface area is 149 Å². The second-order valence-electron chi connectivity index (χ2n) is 5.56. The summed E-state index contributed by atoms with van der Waals surface area (Å²) < 4.78 is 45.5. The minimum absolute atomic E-state index is 0.0767. The molecule has 134 valence electrons. The Hall–Kier alpha value is -3.13. The lowest BCUT2D eigenvalue weighted by Gasteiger charge is -2.10. The van der Waals surface area contributed by atoms with Gasteiger partial charge in [-0.2, -0.15) is 0 Å². The lowest BCUT2D eigenvalue weighted by molar-refractivity contribution is 0.0663. The molecule has 2 aromatic carbocycles. The van der Waals surface area contributed by atoms with E-state index in [0.29, 0.717) is 11.3 Å². The van der Waals surface area contributed by atoms with Gasteiger partial charge in [0.05, 0.1) is 4.90 Å². The number of halogens is 1. The number of benzene rings is 2. The number of rotatable bonds is 5. The number of carbonyl (C=O) groups is 1. The number of hydrogen-bond donors (Lipinski definition) is 2. The first-order valence-electron chi connectivity index (χ1n) is 7.49. The molecule has 1 aromatic heterocycles. The summed E-state index contributed by atoms with van der Waals surface area (Å²) in [5, 5.41) is 8.96. The zero-order valence-electron chi connectivity index (χ0n) is 13.6. The van der Waals surface area contributed by atoms with Gasteiger partial charge in [-0.1, -0.05) is 6.07 Å². The van der Waals surface area contributed by atoms with Crippen molar-refractivity contribution in [2.24, 2.45) is 0 Å². The van der Waals surface area contributed by atoms with Gasteiger partial charge in [-0.05, 0) is 61.0 Å². The smallest absolute Gasteiger partial charge is 0.371 e. The van der Waals surface area contributed by atoms with Crippen LogP contribution in [0.1, 0.15) is 16.1 Å². The van der Waals surface area contributed by atoms with E-state index in [1.54, 1.807) is 25.1 Å². The fraction of sp³-hybridized carbons (Fsp3) is 0.0556. The zero-order valence-corrected chi connectivity index (χ0v) is 14.4. The molecule has 0 bridgehead atoms. The third-order valence-corrected chi connectivity index (χ3v) is 5.09. The summed E-state index contributed by atoms with van der Waals surface area (Å²) >= 11 is 0. The van der Waals surface area contributed by atoms with Gasteiger partial charge in [0.15, 0.2) is 0 Å². The molecule has 2 N–H and O–H groups in total. The lowest BCUT2D eigenvalue weighted by Crippen LogP contribution is -2.13. The number of sulfonamides is 1. The number of aryl methyl sites for hydroxylation is 1. The summed E-state index contributed by atoms with van der Waals surface area (Å²) in [5.41, 5.74) is 1.60. The Balaban J connectivity index is 1.94. The SMILES string of the molecule is Cc1ccc(NS(=O)(=O)c2ccc(F)cc2)cc1-c1ccc(C(=O)O)o1. The van der Waals surface area contributed by atoms with Gasteiger partial charge in [-0.25, -0.2) is 17.6 Å². The molecule has 0 fully saturated rings. The number of hydrogen-bond acceptors (Lipinski definition) is 4. The third kappa shape index (κ3) is 3.60. The highest BCUT2D eigenvalue weighted by Gasteiger charge is 2.17. The topological polar surface area (TPSA) is 96.6 Å². The van der Waals surface area contributed by atoms with E-state index in [9.17, 15) is 17.6 Å². The van der Waals surface area contributed by atoms with Crippen molar-refractivity contribution in [1.82, 2.24) is 0 Å². The largest absolute Gasteiger partial charge is 0.475 e. The summed E-state index contributed by atoms with van der Waals surface area (Å²) in [4.78, 5) is 10.9. The zero-order chi connectivity index (χ0) is 18.9. The summed E-state index contributed by atoms with van der Waals surface area (Å²) in [6, 6.07) is 12.1. The monoisotopic (exact) mass is 375 g/mol. The minimum Gasteiger partial charge on any atom is -0.475 e. The highest BCUT2D eigenvalue weighted by atomic mass is 32.2. The molecule has 8 heteroatoms. The molecule has 0 saturated carbocycles. The van der Waals surface area contributed by atoms with Crippen molar-refractivity contribution in [1.29, 1.82) is 0 Å². The second kappa shape index (κ2) is 6.64. The Kier molecular flexibility index (Phi) is 4.52. The van der Waals surface area contributed by atoms with Crippen LogP contribution in [0.3, 0.4) is 0 Å². The van der Waals surface area contributed by atoms with E-state index in [-0.39, 0.29) is 16.3 Å². The Morgan fingerprint density at radius 2 is 1.77 bits per heavy atom. The summed E-state index contributed by atoms with van der Waals surface area (Å²) in [7, 11) is -3.89. The van der Waals surface area contributed by atoms with Crippen LogP contribution in [0.4, 0.5) is 10.1 Å². The van der Waals surface area contributed by atoms with Gasteiger partial charge in [0, 0.05) is 11.3 Å². The van der Waals surface area contributed by atoms with Gasteiger partial charge < -0.3 is 9.52 Å². The lowest BCUT2D eigenvalue weighted by atomic mass is 10.1. The summed E-state index contributed by atoms with van der Waals surface area (Å²) in [6.45, 7) is 1.79. The highest BCUT2D eigenvalue weighted by Crippen LogP contribution is 2.29. The number of furan rings is 1. The Morgan fingerprint density at radius 1 is 1.08 bits per heavy atom. The molecule has 1 heterocycles. The van der Waals surface area contributed by atoms with Crippen LogP contribution in [0, 0.1) is 12.7 Å². The molecule has 0 aliphatic heterocycles. The quantitative estimate of drug-likeness (QED) is 0.705. The molecule has 0 spiro atoms. The molecule has 3 aromatic rings. The molecule has 0 amide bonds. The first kappa shape index (κ1) is 17.7. The van der Waals surface area contributed by atoms with Gasteiger partial charge in [-0.3, -0.25) is 4.72 Å². The van der Waals surface area contributed by atoms with Crippen molar-refractivity contribution in [2.45, 2.75) is 11.8 Å². The average Bonchev–Trinajstić information content (AvgIpc) is 3.07. The average molecular weight is 375 g/mol. The summed E-state index contributed by atoms with van der Waals surface area (Å²) in [5.74, 6) is -1.63. The van der Waals surface area contributed by atoms with Crippen LogP contribution in [-0.4, -0.2) is 19.5 Å². The van der Waals surface area contributed by atoms with Crippen LogP contribution in [0.2, 0.25) is 0 Å². The number of nitrogens with one attached hydrogen (secondary N) is 1. The molecule has 0 unspecified atom stereocenters. The molecule has 0 aliphatic carbocycles. The van der Waals surface area contributed by atoms with Gasteiger partial charge in [-0.15, -0.1) is 0 Å². The molecule has 0 atom stereocenters. The fourth-order valence-electron chi connectivity index (χ4n) is 2.38. The second-order valence-corrected chi connectivity index (χ2v) is 7.24. The molecule has 3 rings (SSSR count). The van der Waals surface area contributed by atoms with Gasteiger partial charge in [0.1, 0.15) is 11.6 Å². The van der Waals surface area contributed by atoms with Crippen molar-refractivity contribution in [3.05, 3.63) is 71.7 Å². The maximum atomic E-state index is 13.0. The molecular formula is C18H14FNO5S. The molecule has 6 nitrogen and oxygen atoms in total. The van der Waals surface area contributed by atoms with E-state index < -0.39 is 21.8 Å². The van der Waals surface area contributed by atoms with Crippen LogP contribution in [0.25, 0.3) is 11.3 Å². The van der Waals surface area contributed by atoms with E-state index >= 15 is 0 Å². The van der Waals surface area contributed by atoms with Crippen molar-refractivity contribution >= 4 is 21.7 Å². The van der Waals surface area contributed by atoms with Crippen molar-refractivity contribution < 1.29 is 27.1 Å². The van der Waals surface area contributed by atoms with Crippen LogP contribution in [0.15, 0.2) is 63.9 Å². The first-order chi connectivity index (χ1) is 12.3. The molecule has 0 radical (unpaired) electrons. The number of anilines is 1. The summed E-state index contributed by atoms with van der Waals surface area (Å²) in [6.07, 6.45) is 0. The molecular weight excluding hydrogens is 361 g/mol. The van der Waals surface area contributed by atoms with E-state index in [0.717, 1.165) is 17.7 Å². The number of aromatic carboxylic acids is 1. The maximum absolute atomic E-state index is 13.0. The van der Waals surface area contributed by atoms with Gasteiger partial charge in [0.25, 0.3) is 10.0 Å². The van der Waals surface area contributed by atoms with E-state index in [1.165, 1.54) is 24.3 Å². The fourth-order valence-corrected chi connectivity index (χ4v) is 3.43. The van der Waals surface area contributed by atoms with Gasteiger partial charge >= 0.3 is 5.97 Å². The van der Waals surface area contributed by atoms with Crippen molar-refractivity contribution in [3.8, 4) is 11.3 Å². The van der Waals surface area contributed by atoms with Crippen LogP contribution in [-0.2, 0) is 10.0 Å². The van der Waals surface area contributed by atoms with Crippen LogP contribution >= 0.6 is 0 Å². The maximum Gasteiger partial charge on any atom is 0.371 e. The van der Waals surface area contributed by atoms with Gasteiger partial charge in [0.2, 0.25) is 5.76 Å². The number of carboxylic acids is 1. The third-order valence-electron chi connectivity index (χ3n) is 3.70. The van der Waals surface area contributed by atoms with Crippen LogP contribution < -0.4 is 4.72 Å². The standard InChI is InChI=1S/C18H14FNO5S/c1-11-2-5-13(10-15(11)16-8-9-17(25-16)18(21)22)20-26(23,24)14-6-3-12(19)4-7-14/h2-10,20H,1H3,(H,21,22). The van der Waals surface area contributed by atoms with E-state index in [4.69, 9.17) is 9.52 Å². The van der Waals surface area contributed by atoms with Crippen LogP contribution in [0.5, 0.6) is 0 Å².